The molecule has 4 rings (SSSR count). The lowest BCUT2D eigenvalue weighted by Gasteiger charge is -2.06. The van der Waals surface area contributed by atoms with Crippen molar-refractivity contribution in [3.63, 3.8) is 0 Å². The fourth-order valence-electron chi connectivity index (χ4n) is 2.83. The molecule has 0 aliphatic heterocycles. The quantitative estimate of drug-likeness (QED) is 0.537. The van der Waals surface area contributed by atoms with E-state index in [2.05, 4.69) is 25.7 Å². The molecular formula is C20H20N6O3. The zero-order valence-electron chi connectivity index (χ0n) is 16.3. The van der Waals surface area contributed by atoms with Crippen LogP contribution in [-0.2, 0) is 6.54 Å². The first kappa shape index (κ1) is 18.6. The maximum absolute atomic E-state index is 12.4. The highest BCUT2D eigenvalue weighted by molar-refractivity contribution is 5.94. The highest BCUT2D eigenvalue weighted by Crippen LogP contribution is 2.24. The van der Waals surface area contributed by atoms with Gasteiger partial charge in [0, 0.05) is 17.7 Å². The molecule has 148 valence electrons. The maximum atomic E-state index is 12.4. The highest BCUT2D eigenvalue weighted by Gasteiger charge is 2.17. The van der Waals surface area contributed by atoms with Crippen LogP contribution >= 0.6 is 0 Å². The summed E-state index contributed by atoms with van der Waals surface area (Å²) >= 11 is 0. The van der Waals surface area contributed by atoms with Crippen molar-refractivity contribution in [3.8, 4) is 17.2 Å². The summed E-state index contributed by atoms with van der Waals surface area (Å²) < 4.78 is 12.3. The van der Waals surface area contributed by atoms with Crippen LogP contribution in [0.15, 0.2) is 47.1 Å². The maximum Gasteiger partial charge on any atom is 0.261 e. The lowest BCUT2D eigenvalue weighted by atomic mass is 10.2. The van der Waals surface area contributed by atoms with E-state index >= 15 is 0 Å². The molecule has 0 radical (unpaired) electrons. The number of amides is 1. The van der Waals surface area contributed by atoms with Gasteiger partial charge >= 0.3 is 0 Å². The van der Waals surface area contributed by atoms with Gasteiger partial charge in [0.05, 0.1) is 19.2 Å². The first-order valence-corrected chi connectivity index (χ1v) is 9.15. The molecule has 0 aliphatic carbocycles. The number of fused-ring (bicyclic) bond motifs is 1. The van der Waals surface area contributed by atoms with Crippen molar-refractivity contribution < 1.29 is 14.1 Å². The molecule has 0 aliphatic rings. The van der Waals surface area contributed by atoms with Crippen molar-refractivity contribution in [2.75, 3.05) is 7.11 Å². The van der Waals surface area contributed by atoms with Gasteiger partial charge in [-0.1, -0.05) is 19.0 Å². The van der Waals surface area contributed by atoms with E-state index in [-0.39, 0.29) is 18.4 Å². The van der Waals surface area contributed by atoms with Crippen LogP contribution in [-0.4, -0.2) is 37.8 Å². The molecule has 1 N–H and O–H groups in total. The van der Waals surface area contributed by atoms with E-state index in [1.807, 2.05) is 32.2 Å². The third-order valence-corrected chi connectivity index (χ3v) is 4.45. The summed E-state index contributed by atoms with van der Waals surface area (Å²) in [7, 11) is 1.58. The van der Waals surface area contributed by atoms with Gasteiger partial charge in [-0.2, -0.15) is 4.98 Å². The van der Waals surface area contributed by atoms with Crippen molar-refractivity contribution in [3.05, 3.63) is 59.8 Å². The molecule has 4 aromatic rings. The van der Waals surface area contributed by atoms with Gasteiger partial charge in [0.15, 0.2) is 17.3 Å². The zero-order valence-corrected chi connectivity index (χ0v) is 16.3. The number of benzene rings is 1. The minimum atomic E-state index is -0.209. The van der Waals surface area contributed by atoms with Crippen LogP contribution in [0.3, 0.4) is 0 Å². The Labute approximate surface area is 166 Å². The van der Waals surface area contributed by atoms with Crippen molar-refractivity contribution in [2.24, 2.45) is 0 Å². The van der Waals surface area contributed by atoms with Crippen molar-refractivity contribution in [1.29, 1.82) is 0 Å². The number of methoxy groups -OCH3 is 1. The summed E-state index contributed by atoms with van der Waals surface area (Å²) in [6.45, 7) is 4.21. The second-order valence-corrected chi connectivity index (χ2v) is 6.76. The Morgan fingerprint density at radius 1 is 1.21 bits per heavy atom. The second kappa shape index (κ2) is 7.70. The van der Waals surface area contributed by atoms with Crippen LogP contribution in [0.1, 0.15) is 41.8 Å². The number of carbonyl (C=O) groups is 1. The van der Waals surface area contributed by atoms with Crippen LogP contribution in [0.2, 0.25) is 0 Å². The van der Waals surface area contributed by atoms with Crippen molar-refractivity contribution >= 4 is 11.6 Å². The van der Waals surface area contributed by atoms with Gasteiger partial charge in [0.25, 0.3) is 11.8 Å². The Bertz CT molecular complexity index is 1150. The SMILES string of the molecule is COc1ccc(C(=O)NCc2nnc3c(-c4nc(C(C)C)no4)cccn23)cc1. The minimum absolute atomic E-state index is 0.161. The molecule has 3 heterocycles. The molecule has 0 atom stereocenters. The molecule has 1 aromatic carbocycles. The summed E-state index contributed by atoms with van der Waals surface area (Å²) in [6.07, 6.45) is 1.83. The topological polar surface area (TPSA) is 107 Å². The van der Waals surface area contributed by atoms with Gasteiger partial charge in [0.2, 0.25) is 0 Å². The van der Waals surface area contributed by atoms with Gasteiger partial charge in [-0.05, 0) is 36.4 Å². The summed E-state index contributed by atoms with van der Waals surface area (Å²) in [5.41, 5.74) is 1.81. The van der Waals surface area contributed by atoms with E-state index in [9.17, 15) is 4.79 Å². The highest BCUT2D eigenvalue weighted by atomic mass is 16.5. The molecule has 0 saturated heterocycles. The number of hydrogen-bond acceptors (Lipinski definition) is 7. The number of carbonyl (C=O) groups excluding carboxylic acids is 1. The van der Waals surface area contributed by atoms with Gasteiger partial charge in [-0.15, -0.1) is 10.2 Å². The summed E-state index contributed by atoms with van der Waals surface area (Å²) in [5.74, 6) is 2.26. The fraction of sp³-hybridized carbons (Fsp3) is 0.250. The van der Waals surface area contributed by atoms with Crippen LogP contribution in [0.4, 0.5) is 0 Å². The molecule has 0 fully saturated rings. The van der Waals surface area contributed by atoms with Gasteiger partial charge in [0.1, 0.15) is 5.75 Å². The third-order valence-electron chi connectivity index (χ3n) is 4.45. The molecule has 9 heteroatoms. The molecule has 1 amide bonds. The van der Waals surface area contributed by atoms with Gasteiger partial charge in [-0.3, -0.25) is 9.20 Å². The first-order valence-electron chi connectivity index (χ1n) is 9.15. The van der Waals surface area contributed by atoms with Crippen LogP contribution < -0.4 is 10.1 Å². The normalized spacial score (nSPS) is 11.2. The van der Waals surface area contributed by atoms with E-state index in [1.54, 1.807) is 35.8 Å². The minimum Gasteiger partial charge on any atom is -0.497 e. The van der Waals surface area contributed by atoms with Crippen LogP contribution in [0.25, 0.3) is 17.1 Å². The second-order valence-electron chi connectivity index (χ2n) is 6.76. The lowest BCUT2D eigenvalue weighted by molar-refractivity contribution is 0.0949. The number of ether oxygens (including phenoxy) is 1. The van der Waals surface area contributed by atoms with E-state index in [1.165, 1.54) is 0 Å². The molecule has 3 aromatic heterocycles. The smallest absolute Gasteiger partial charge is 0.261 e. The van der Waals surface area contributed by atoms with Crippen molar-refractivity contribution in [2.45, 2.75) is 26.3 Å². The van der Waals surface area contributed by atoms with E-state index < -0.39 is 0 Å². The molecule has 9 nitrogen and oxygen atoms in total. The average Bonchev–Trinajstić information content (AvgIpc) is 3.39. The van der Waals surface area contributed by atoms with E-state index in [4.69, 9.17) is 9.26 Å². The van der Waals surface area contributed by atoms with Crippen molar-refractivity contribution in [1.82, 2.24) is 30.1 Å². The lowest BCUT2D eigenvalue weighted by Crippen LogP contribution is -2.23. The Hall–Kier alpha value is -3.75. The summed E-state index contributed by atoms with van der Waals surface area (Å²) in [5, 5.41) is 15.3. The fourth-order valence-corrected chi connectivity index (χ4v) is 2.83. The Kier molecular flexibility index (Phi) is 4.94. The van der Waals surface area contributed by atoms with Gasteiger partial charge < -0.3 is 14.6 Å². The standard InChI is InChI=1S/C20H20N6O3/c1-12(2)17-22-20(29-25-17)15-5-4-10-26-16(23-24-18(15)26)11-21-19(27)13-6-8-14(28-3)9-7-13/h4-10,12H,11H2,1-3H3,(H,21,27). The molecule has 0 saturated carbocycles. The summed E-state index contributed by atoms with van der Waals surface area (Å²) in [6, 6.07) is 10.6. The first-order chi connectivity index (χ1) is 14.1. The predicted molar refractivity (Wildman–Crippen MR) is 105 cm³/mol. The van der Waals surface area contributed by atoms with Gasteiger partial charge in [-0.25, -0.2) is 0 Å². The molecule has 0 bridgehead atoms. The number of pyridine rings is 1. The average molecular weight is 392 g/mol. The Balaban J connectivity index is 1.55. The monoisotopic (exact) mass is 392 g/mol. The largest absolute Gasteiger partial charge is 0.497 e. The van der Waals surface area contributed by atoms with E-state index in [0.29, 0.717) is 40.1 Å². The predicted octanol–water partition coefficient (Wildman–Crippen LogP) is 2.84. The number of aromatic nitrogens is 5. The molecule has 0 spiro atoms. The van der Waals surface area contributed by atoms with E-state index in [0.717, 1.165) is 0 Å². The zero-order chi connectivity index (χ0) is 20.4. The number of rotatable bonds is 6. The molecular weight excluding hydrogens is 372 g/mol. The number of nitrogens with zero attached hydrogens (tertiary/aromatic N) is 5. The molecule has 0 unspecified atom stereocenters. The third kappa shape index (κ3) is 3.66. The summed E-state index contributed by atoms with van der Waals surface area (Å²) in [4.78, 5) is 16.8. The molecule has 29 heavy (non-hydrogen) atoms. The number of hydrogen-bond donors (Lipinski definition) is 1. The van der Waals surface area contributed by atoms with Crippen LogP contribution in [0, 0.1) is 0 Å². The Morgan fingerprint density at radius 3 is 2.69 bits per heavy atom. The number of nitrogens with one attached hydrogen (secondary N) is 1. The van der Waals surface area contributed by atoms with Crippen LogP contribution in [0.5, 0.6) is 5.75 Å². The Morgan fingerprint density at radius 2 is 2.00 bits per heavy atom.